The molecule has 0 fully saturated rings. The molecule has 0 aliphatic carbocycles. The Hall–Kier alpha value is -4.14. The molecular formula is C23H22N4O5. The monoisotopic (exact) mass is 434 g/mol. The van der Waals surface area contributed by atoms with Crippen LogP contribution in [-0.4, -0.2) is 33.0 Å². The Morgan fingerprint density at radius 1 is 1.12 bits per heavy atom. The largest absolute Gasteiger partial charge is 0.489 e. The number of rotatable bonds is 7. The van der Waals surface area contributed by atoms with Gasteiger partial charge in [-0.15, -0.1) is 0 Å². The summed E-state index contributed by atoms with van der Waals surface area (Å²) < 4.78 is 17.6. The van der Waals surface area contributed by atoms with Gasteiger partial charge in [-0.2, -0.15) is 0 Å². The minimum absolute atomic E-state index is 0.0471. The Bertz CT molecular complexity index is 1250. The van der Waals surface area contributed by atoms with Gasteiger partial charge in [0.25, 0.3) is 5.91 Å². The first-order valence-electron chi connectivity index (χ1n) is 10.1. The van der Waals surface area contributed by atoms with E-state index in [0.717, 1.165) is 11.3 Å². The number of aryl methyl sites for hydroxylation is 2. The fourth-order valence-corrected chi connectivity index (χ4v) is 3.20. The van der Waals surface area contributed by atoms with Gasteiger partial charge in [0.2, 0.25) is 0 Å². The smallest absolute Gasteiger partial charge is 0.360 e. The maximum Gasteiger partial charge on any atom is 0.360 e. The summed E-state index contributed by atoms with van der Waals surface area (Å²) in [6.45, 7) is 5.92. The molecule has 0 unspecified atom stereocenters. The molecule has 0 aliphatic heterocycles. The van der Waals surface area contributed by atoms with Gasteiger partial charge < -0.3 is 19.3 Å². The molecule has 4 rings (SSSR count). The molecule has 0 saturated heterocycles. The van der Waals surface area contributed by atoms with E-state index in [9.17, 15) is 9.59 Å². The van der Waals surface area contributed by atoms with Crippen LogP contribution in [0, 0.1) is 13.8 Å². The Kier molecular flexibility index (Phi) is 5.89. The average Bonchev–Trinajstić information content (AvgIpc) is 3.32. The van der Waals surface area contributed by atoms with E-state index in [0.29, 0.717) is 29.3 Å². The van der Waals surface area contributed by atoms with Crippen LogP contribution in [0.5, 0.6) is 5.75 Å². The SMILES string of the molecule is CCOC(=O)c1nc2ccccn2c1NC(=O)c1ccc(OCc2c(C)noc2C)cc1. The van der Waals surface area contributed by atoms with Crippen molar-refractivity contribution in [2.75, 3.05) is 11.9 Å². The summed E-state index contributed by atoms with van der Waals surface area (Å²) >= 11 is 0. The van der Waals surface area contributed by atoms with E-state index in [1.54, 1.807) is 60.0 Å². The summed E-state index contributed by atoms with van der Waals surface area (Å²) in [5.41, 5.74) is 2.64. The summed E-state index contributed by atoms with van der Waals surface area (Å²) in [6, 6.07) is 12.0. The van der Waals surface area contributed by atoms with Gasteiger partial charge in [0.05, 0.1) is 17.9 Å². The predicted octanol–water partition coefficient (Wildman–Crippen LogP) is 3.95. The molecule has 0 bridgehead atoms. The van der Waals surface area contributed by atoms with Crippen molar-refractivity contribution in [2.45, 2.75) is 27.4 Å². The fraction of sp³-hybridized carbons (Fsp3) is 0.217. The number of ether oxygens (including phenoxy) is 2. The van der Waals surface area contributed by atoms with Gasteiger partial charge in [-0.3, -0.25) is 9.20 Å². The molecule has 1 aromatic carbocycles. The average molecular weight is 434 g/mol. The number of esters is 1. The lowest BCUT2D eigenvalue weighted by Crippen LogP contribution is -2.17. The Balaban J connectivity index is 1.51. The Labute approximate surface area is 184 Å². The number of anilines is 1. The second-order valence-electron chi connectivity index (χ2n) is 7.03. The molecule has 3 heterocycles. The Morgan fingerprint density at radius 2 is 1.91 bits per heavy atom. The van der Waals surface area contributed by atoms with Crippen molar-refractivity contribution in [3.05, 3.63) is 76.9 Å². The standard InChI is InChI=1S/C23H22N4O5/c1-4-30-23(29)20-21(27-12-6-5-7-19(27)24-20)25-22(28)16-8-10-17(11-9-16)31-13-18-14(2)26-32-15(18)3/h5-12H,4,13H2,1-3H3,(H,25,28). The molecule has 9 heteroatoms. The highest BCUT2D eigenvalue weighted by Gasteiger charge is 2.22. The summed E-state index contributed by atoms with van der Waals surface area (Å²) in [4.78, 5) is 29.5. The van der Waals surface area contributed by atoms with E-state index in [2.05, 4.69) is 15.5 Å². The lowest BCUT2D eigenvalue weighted by Gasteiger charge is -2.09. The third-order valence-corrected chi connectivity index (χ3v) is 4.91. The van der Waals surface area contributed by atoms with Crippen LogP contribution in [0.2, 0.25) is 0 Å². The molecule has 0 spiro atoms. The number of carbonyl (C=O) groups excluding carboxylic acids is 2. The molecule has 0 saturated carbocycles. The zero-order valence-corrected chi connectivity index (χ0v) is 17.9. The van der Waals surface area contributed by atoms with E-state index in [-0.39, 0.29) is 18.1 Å². The first-order valence-corrected chi connectivity index (χ1v) is 10.1. The van der Waals surface area contributed by atoms with Crippen LogP contribution in [0.3, 0.4) is 0 Å². The molecule has 0 aliphatic rings. The van der Waals surface area contributed by atoms with Gasteiger partial charge in [0.1, 0.15) is 23.8 Å². The molecule has 9 nitrogen and oxygen atoms in total. The van der Waals surface area contributed by atoms with E-state index in [1.807, 2.05) is 13.8 Å². The summed E-state index contributed by atoms with van der Waals surface area (Å²) in [6.07, 6.45) is 1.71. The molecule has 3 aromatic heterocycles. The van der Waals surface area contributed by atoms with Gasteiger partial charge in [-0.05, 0) is 57.2 Å². The number of hydrogen-bond donors (Lipinski definition) is 1. The van der Waals surface area contributed by atoms with Crippen LogP contribution in [0.15, 0.2) is 53.2 Å². The van der Waals surface area contributed by atoms with Crippen LogP contribution < -0.4 is 10.1 Å². The molecule has 0 radical (unpaired) electrons. The number of amides is 1. The number of carbonyl (C=O) groups is 2. The normalized spacial score (nSPS) is 10.8. The summed E-state index contributed by atoms with van der Waals surface area (Å²) in [7, 11) is 0. The van der Waals surface area contributed by atoms with Gasteiger partial charge in [-0.25, -0.2) is 9.78 Å². The first kappa shape index (κ1) is 21.1. The molecule has 32 heavy (non-hydrogen) atoms. The van der Waals surface area contributed by atoms with Gasteiger partial charge in [-0.1, -0.05) is 11.2 Å². The highest BCUT2D eigenvalue weighted by atomic mass is 16.5. The van der Waals surface area contributed by atoms with Crippen LogP contribution in [0.25, 0.3) is 5.65 Å². The fourth-order valence-electron chi connectivity index (χ4n) is 3.20. The predicted molar refractivity (Wildman–Crippen MR) is 116 cm³/mol. The zero-order chi connectivity index (χ0) is 22.7. The quantitative estimate of drug-likeness (QED) is 0.439. The van der Waals surface area contributed by atoms with Crippen molar-refractivity contribution in [2.24, 2.45) is 0 Å². The first-order chi connectivity index (χ1) is 15.5. The van der Waals surface area contributed by atoms with Gasteiger partial charge >= 0.3 is 5.97 Å². The minimum atomic E-state index is -0.602. The van der Waals surface area contributed by atoms with Crippen molar-refractivity contribution in [3.8, 4) is 5.75 Å². The number of benzene rings is 1. The molecule has 1 N–H and O–H groups in total. The lowest BCUT2D eigenvalue weighted by atomic mass is 10.2. The number of nitrogens with zero attached hydrogens (tertiary/aromatic N) is 3. The second kappa shape index (κ2) is 8.93. The second-order valence-corrected chi connectivity index (χ2v) is 7.03. The van der Waals surface area contributed by atoms with Crippen molar-refractivity contribution < 1.29 is 23.6 Å². The van der Waals surface area contributed by atoms with Crippen molar-refractivity contribution in [3.63, 3.8) is 0 Å². The molecular weight excluding hydrogens is 412 g/mol. The van der Waals surface area contributed by atoms with E-state index >= 15 is 0 Å². The van der Waals surface area contributed by atoms with Gasteiger partial charge in [0.15, 0.2) is 11.5 Å². The topological polar surface area (TPSA) is 108 Å². The number of pyridine rings is 1. The Morgan fingerprint density at radius 3 is 2.59 bits per heavy atom. The molecule has 4 aromatic rings. The number of hydrogen-bond acceptors (Lipinski definition) is 7. The molecule has 1 amide bonds. The maximum atomic E-state index is 12.9. The number of fused-ring (bicyclic) bond motifs is 1. The van der Waals surface area contributed by atoms with Crippen LogP contribution in [0.4, 0.5) is 5.82 Å². The van der Waals surface area contributed by atoms with Crippen molar-refractivity contribution >= 4 is 23.3 Å². The van der Waals surface area contributed by atoms with Crippen molar-refractivity contribution in [1.82, 2.24) is 14.5 Å². The van der Waals surface area contributed by atoms with E-state index in [4.69, 9.17) is 14.0 Å². The highest BCUT2D eigenvalue weighted by molar-refractivity contribution is 6.07. The third kappa shape index (κ3) is 4.18. The third-order valence-electron chi connectivity index (χ3n) is 4.91. The minimum Gasteiger partial charge on any atom is -0.489 e. The number of nitrogens with one attached hydrogen (secondary N) is 1. The van der Waals surface area contributed by atoms with E-state index < -0.39 is 11.9 Å². The maximum absolute atomic E-state index is 12.9. The number of aromatic nitrogens is 3. The summed E-state index contributed by atoms with van der Waals surface area (Å²) in [5, 5.41) is 6.68. The van der Waals surface area contributed by atoms with Crippen LogP contribution in [0.1, 0.15) is 44.8 Å². The molecule has 164 valence electrons. The molecule has 0 atom stereocenters. The van der Waals surface area contributed by atoms with Crippen molar-refractivity contribution in [1.29, 1.82) is 0 Å². The zero-order valence-electron chi connectivity index (χ0n) is 17.9. The number of imidazole rings is 1. The van der Waals surface area contributed by atoms with Gasteiger partial charge in [0, 0.05) is 11.8 Å². The van der Waals surface area contributed by atoms with Crippen LogP contribution >= 0.6 is 0 Å². The van der Waals surface area contributed by atoms with E-state index in [1.165, 1.54) is 0 Å². The lowest BCUT2D eigenvalue weighted by molar-refractivity contribution is 0.0521. The highest BCUT2D eigenvalue weighted by Crippen LogP contribution is 2.22. The summed E-state index contributed by atoms with van der Waals surface area (Å²) in [5.74, 6) is 0.573. The van der Waals surface area contributed by atoms with Crippen LogP contribution in [-0.2, 0) is 11.3 Å².